The number of methoxy groups -OCH3 is 1. The Morgan fingerprint density at radius 3 is 2.48 bits per heavy atom. The van der Waals surface area contributed by atoms with Gasteiger partial charge in [-0.2, -0.15) is 0 Å². The average molecular weight is 604 g/mol. The van der Waals surface area contributed by atoms with E-state index < -0.39 is 23.7 Å². The third-order valence-corrected chi connectivity index (χ3v) is 9.11. The summed E-state index contributed by atoms with van der Waals surface area (Å²) >= 11 is 3.23. The molecular formula is C31H26BrNO7. The molecule has 0 bridgehead atoms. The lowest BCUT2D eigenvalue weighted by Crippen LogP contribution is -2.39. The Morgan fingerprint density at radius 1 is 1.00 bits per heavy atom. The number of nitrogens with zero attached hydrogens (tertiary/aromatic N) is 1. The number of ether oxygens (including phenoxy) is 1. The number of hydrogen-bond donors (Lipinski definition) is 2. The van der Waals surface area contributed by atoms with Gasteiger partial charge in [0.15, 0.2) is 23.1 Å². The van der Waals surface area contributed by atoms with Crippen LogP contribution in [0.4, 0.5) is 0 Å². The van der Waals surface area contributed by atoms with Gasteiger partial charge in [0.25, 0.3) is 0 Å². The van der Waals surface area contributed by atoms with Gasteiger partial charge >= 0.3 is 0 Å². The van der Waals surface area contributed by atoms with Crippen molar-refractivity contribution in [1.29, 1.82) is 0 Å². The number of carbonyl (C=O) groups excluding carboxylic acids is 4. The lowest BCUT2D eigenvalue weighted by molar-refractivity contribution is -0.140. The van der Waals surface area contributed by atoms with Crippen molar-refractivity contribution in [3.05, 3.63) is 86.9 Å². The minimum Gasteiger partial charge on any atom is -0.508 e. The summed E-state index contributed by atoms with van der Waals surface area (Å²) < 4.78 is 5.49. The van der Waals surface area contributed by atoms with Gasteiger partial charge < -0.3 is 14.9 Å². The molecular weight excluding hydrogens is 578 g/mol. The topological polar surface area (TPSA) is 121 Å². The quantitative estimate of drug-likeness (QED) is 0.300. The number of phenols is 2. The second-order valence-corrected chi connectivity index (χ2v) is 11.4. The number of allylic oxidation sites excluding steroid dienone is 6. The molecule has 2 aromatic rings. The largest absolute Gasteiger partial charge is 0.508 e. The summed E-state index contributed by atoms with van der Waals surface area (Å²) in [6, 6.07) is 11.5. The zero-order valence-corrected chi connectivity index (χ0v) is 23.2. The molecule has 1 fully saturated rings. The number of imide groups is 1. The van der Waals surface area contributed by atoms with Gasteiger partial charge in [0.1, 0.15) is 5.75 Å². The number of ketones is 2. The second-order valence-electron chi connectivity index (χ2n) is 10.6. The van der Waals surface area contributed by atoms with Crippen molar-refractivity contribution in [3.8, 4) is 17.2 Å². The highest BCUT2D eigenvalue weighted by Crippen LogP contribution is 2.55. The van der Waals surface area contributed by atoms with Gasteiger partial charge in [0, 0.05) is 29.7 Å². The third kappa shape index (κ3) is 4.11. The van der Waals surface area contributed by atoms with E-state index in [9.17, 15) is 29.4 Å². The fourth-order valence-electron chi connectivity index (χ4n) is 6.65. The Morgan fingerprint density at radius 2 is 1.75 bits per heavy atom. The maximum Gasteiger partial charge on any atom is 0.233 e. The van der Waals surface area contributed by atoms with Crippen LogP contribution in [-0.2, 0) is 25.6 Å². The Kier molecular flexibility index (Phi) is 6.49. The number of phenolic OH excluding ortho intramolecular Hbond substituents is 2. The first kappa shape index (κ1) is 26.3. The van der Waals surface area contributed by atoms with E-state index in [2.05, 4.69) is 15.9 Å². The molecule has 6 rings (SSSR count). The van der Waals surface area contributed by atoms with Gasteiger partial charge in [0.2, 0.25) is 11.8 Å². The number of benzene rings is 2. The number of rotatable bonds is 5. The summed E-state index contributed by atoms with van der Waals surface area (Å²) in [5.74, 6) is -2.99. The Bertz CT molecular complexity index is 1570. The summed E-state index contributed by atoms with van der Waals surface area (Å²) in [4.78, 5) is 55.3. The normalized spacial score (nSPS) is 25.8. The van der Waals surface area contributed by atoms with Gasteiger partial charge in [-0.05, 0) is 76.5 Å². The SMILES string of the molecule is COc1cc([C@H]2C3=CC[C@@H]4C(=O)N(CCc5ccc(O)cc5)C(=O)[C@@H]4[C@@H]3CC3=C2C(=O)C=C(Br)C3=O)ccc1O. The van der Waals surface area contributed by atoms with Gasteiger partial charge in [-0.25, -0.2) is 0 Å². The van der Waals surface area contributed by atoms with Crippen LogP contribution in [0.2, 0.25) is 0 Å². The van der Waals surface area contributed by atoms with Crippen LogP contribution in [0.5, 0.6) is 17.2 Å². The van der Waals surface area contributed by atoms with E-state index in [1.54, 1.807) is 36.4 Å². The highest BCUT2D eigenvalue weighted by Gasteiger charge is 2.56. The van der Waals surface area contributed by atoms with Crippen LogP contribution in [0.1, 0.15) is 29.9 Å². The summed E-state index contributed by atoms with van der Waals surface area (Å²) in [7, 11) is 1.43. The zero-order valence-electron chi connectivity index (χ0n) is 21.6. The number of Topliss-reactive ketones (excluding diaryl/α,β-unsaturated/α-hetero) is 1. The first-order chi connectivity index (χ1) is 19.2. The Balaban J connectivity index is 1.39. The summed E-state index contributed by atoms with van der Waals surface area (Å²) in [6.45, 7) is 0.218. The maximum atomic E-state index is 13.8. The molecule has 204 valence electrons. The van der Waals surface area contributed by atoms with E-state index in [4.69, 9.17) is 4.74 Å². The number of aromatic hydroxyl groups is 2. The molecule has 3 aliphatic carbocycles. The molecule has 0 aromatic heterocycles. The molecule has 4 aliphatic rings. The summed E-state index contributed by atoms with van der Waals surface area (Å²) in [5.41, 5.74) is 3.10. The highest BCUT2D eigenvalue weighted by molar-refractivity contribution is 9.12. The molecule has 1 aliphatic heterocycles. The van der Waals surface area contributed by atoms with Crippen LogP contribution < -0.4 is 4.74 Å². The fourth-order valence-corrected chi connectivity index (χ4v) is 7.10. The molecule has 0 unspecified atom stereocenters. The molecule has 1 heterocycles. The van der Waals surface area contributed by atoms with Gasteiger partial charge in [0.05, 0.1) is 23.4 Å². The lowest BCUT2D eigenvalue weighted by atomic mass is 9.59. The van der Waals surface area contributed by atoms with Crippen LogP contribution in [0.25, 0.3) is 0 Å². The van der Waals surface area contributed by atoms with E-state index >= 15 is 0 Å². The fraction of sp³-hybridized carbons (Fsp3) is 0.290. The molecule has 2 amide bonds. The van der Waals surface area contributed by atoms with Crippen LogP contribution in [-0.4, -0.2) is 52.1 Å². The minimum absolute atomic E-state index is 0.0555. The van der Waals surface area contributed by atoms with Gasteiger partial charge in [-0.15, -0.1) is 0 Å². The van der Waals surface area contributed by atoms with E-state index in [1.807, 2.05) is 6.08 Å². The van der Waals surface area contributed by atoms with E-state index in [1.165, 1.54) is 24.2 Å². The number of carbonyl (C=O) groups is 4. The summed E-state index contributed by atoms with van der Waals surface area (Å²) in [6.07, 6.45) is 4.24. The molecule has 40 heavy (non-hydrogen) atoms. The molecule has 4 atom stereocenters. The zero-order chi connectivity index (χ0) is 28.3. The van der Waals surface area contributed by atoms with Crippen LogP contribution >= 0.6 is 15.9 Å². The molecule has 0 spiro atoms. The molecule has 0 saturated carbocycles. The predicted molar refractivity (Wildman–Crippen MR) is 148 cm³/mol. The van der Waals surface area contributed by atoms with Gasteiger partial charge in [-0.3, -0.25) is 24.1 Å². The van der Waals surface area contributed by atoms with E-state index in [0.717, 1.165) is 11.1 Å². The molecule has 9 heteroatoms. The number of amides is 2. The number of fused-ring (bicyclic) bond motifs is 3. The van der Waals surface area contributed by atoms with Crippen molar-refractivity contribution in [2.45, 2.75) is 25.2 Å². The van der Waals surface area contributed by atoms with Crippen molar-refractivity contribution in [2.24, 2.45) is 17.8 Å². The number of hydrogen-bond acceptors (Lipinski definition) is 7. The predicted octanol–water partition coefficient (Wildman–Crippen LogP) is 4.11. The van der Waals surface area contributed by atoms with Crippen molar-refractivity contribution >= 4 is 39.3 Å². The first-order valence-corrected chi connectivity index (χ1v) is 13.9. The molecule has 8 nitrogen and oxygen atoms in total. The van der Waals surface area contributed by atoms with Crippen LogP contribution in [0.15, 0.2) is 75.8 Å². The van der Waals surface area contributed by atoms with Crippen LogP contribution in [0, 0.1) is 17.8 Å². The monoisotopic (exact) mass is 603 g/mol. The molecule has 2 aromatic carbocycles. The van der Waals surface area contributed by atoms with Crippen molar-refractivity contribution < 1.29 is 34.1 Å². The Hall–Kier alpha value is -3.98. The molecule has 1 saturated heterocycles. The Labute approximate surface area is 238 Å². The maximum absolute atomic E-state index is 13.8. The van der Waals surface area contributed by atoms with Crippen molar-refractivity contribution in [2.75, 3.05) is 13.7 Å². The first-order valence-electron chi connectivity index (χ1n) is 13.1. The minimum atomic E-state index is -0.643. The third-order valence-electron chi connectivity index (χ3n) is 8.52. The smallest absolute Gasteiger partial charge is 0.233 e. The van der Waals surface area contributed by atoms with Crippen molar-refractivity contribution in [1.82, 2.24) is 4.90 Å². The molecule has 0 radical (unpaired) electrons. The van der Waals surface area contributed by atoms with E-state index in [0.29, 0.717) is 29.6 Å². The highest BCUT2D eigenvalue weighted by atomic mass is 79.9. The standard InChI is InChI=1S/C31H26BrNO7/c1-40-25-12-16(4-9-23(25)35)26-18-7-8-19-27(20(18)13-21-28(26)24(36)14-22(32)29(21)37)31(39)33(30(19)38)11-10-15-2-5-17(34)6-3-15/h2-7,9,12,14,19-20,26-27,34-35H,8,10-11,13H2,1H3/t19-,20+,26-,27-/m0/s1. The second kappa shape index (κ2) is 9.89. The lowest BCUT2D eigenvalue weighted by Gasteiger charge is -2.42. The molecule has 2 N–H and O–H groups in total. The summed E-state index contributed by atoms with van der Waals surface area (Å²) in [5, 5.41) is 19.8. The van der Waals surface area contributed by atoms with Crippen molar-refractivity contribution in [3.63, 3.8) is 0 Å². The average Bonchev–Trinajstić information content (AvgIpc) is 3.19. The number of likely N-dealkylation sites (tertiary alicyclic amines) is 1. The van der Waals surface area contributed by atoms with Gasteiger partial charge in [-0.1, -0.05) is 29.8 Å². The number of halogens is 1. The van der Waals surface area contributed by atoms with Crippen LogP contribution in [0.3, 0.4) is 0 Å². The van der Waals surface area contributed by atoms with E-state index in [-0.39, 0.29) is 58.1 Å².